The molecule has 34 heavy (non-hydrogen) atoms. The first-order chi connectivity index (χ1) is 16.4. The molecule has 0 bridgehead atoms. The van der Waals surface area contributed by atoms with Crippen LogP contribution in [0.1, 0.15) is 24.1 Å². The van der Waals surface area contributed by atoms with Crippen LogP contribution >= 0.6 is 0 Å². The largest absolute Gasteiger partial charge is 0.340 e. The predicted octanol–water partition coefficient (Wildman–Crippen LogP) is 1.39. The maximum atomic E-state index is 13.6. The second-order valence-corrected chi connectivity index (χ2v) is 8.50. The molecule has 1 saturated heterocycles. The number of anilines is 1. The quantitative estimate of drug-likeness (QED) is 0.491. The summed E-state index contributed by atoms with van der Waals surface area (Å²) in [5, 5.41) is 10.5. The maximum absolute atomic E-state index is 13.6. The number of benzene rings is 1. The van der Waals surface area contributed by atoms with Crippen LogP contribution in [0.2, 0.25) is 0 Å². The number of imidazole rings is 1. The summed E-state index contributed by atoms with van der Waals surface area (Å²) < 4.78 is 4.05. The molecule has 0 radical (unpaired) electrons. The fourth-order valence-electron chi connectivity index (χ4n) is 4.58. The Balaban J connectivity index is 1.70. The van der Waals surface area contributed by atoms with Gasteiger partial charge in [-0.25, -0.2) is 9.78 Å². The van der Waals surface area contributed by atoms with E-state index in [1.807, 2.05) is 29.2 Å². The monoisotopic (exact) mass is 456 g/mol. The van der Waals surface area contributed by atoms with Crippen LogP contribution in [0.5, 0.6) is 0 Å². The lowest BCUT2D eigenvalue weighted by atomic mass is 10.1. The van der Waals surface area contributed by atoms with Gasteiger partial charge in [0.1, 0.15) is 6.07 Å². The number of aryl methyl sites for hydroxylation is 1. The third-order valence-corrected chi connectivity index (χ3v) is 6.31. The van der Waals surface area contributed by atoms with Gasteiger partial charge in [0.2, 0.25) is 5.95 Å². The molecule has 1 aliphatic heterocycles. The van der Waals surface area contributed by atoms with Crippen molar-refractivity contribution in [1.82, 2.24) is 23.7 Å². The lowest BCUT2D eigenvalue weighted by Gasteiger charge is -2.31. The number of piperidine rings is 1. The van der Waals surface area contributed by atoms with E-state index in [4.69, 9.17) is 5.73 Å². The minimum absolute atomic E-state index is 0.00989. The number of hydrogen-bond donors (Lipinski definition) is 1. The summed E-state index contributed by atoms with van der Waals surface area (Å²) in [6, 6.07) is 11.3. The van der Waals surface area contributed by atoms with Crippen molar-refractivity contribution in [3.63, 3.8) is 0 Å². The number of hydrogen-bond acceptors (Lipinski definition) is 7. The van der Waals surface area contributed by atoms with Crippen LogP contribution in [0.25, 0.3) is 28.3 Å². The van der Waals surface area contributed by atoms with Gasteiger partial charge in [0, 0.05) is 37.8 Å². The first kappa shape index (κ1) is 21.6. The van der Waals surface area contributed by atoms with Crippen molar-refractivity contribution in [3.05, 3.63) is 69.0 Å². The summed E-state index contributed by atoms with van der Waals surface area (Å²) in [5.41, 5.74) is 6.96. The molecule has 172 valence electrons. The predicted molar refractivity (Wildman–Crippen MR) is 131 cm³/mol. The molecule has 3 aromatic heterocycles. The molecule has 4 aromatic rings. The van der Waals surface area contributed by atoms with E-state index in [1.54, 1.807) is 17.7 Å². The second-order valence-electron chi connectivity index (χ2n) is 8.50. The molecule has 10 heteroatoms. The van der Waals surface area contributed by atoms with Gasteiger partial charge in [-0.05, 0) is 25.0 Å². The summed E-state index contributed by atoms with van der Waals surface area (Å²) in [5.74, 6) is 0.534. The maximum Gasteiger partial charge on any atom is 0.332 e. The van der Waals surface area contributed by atoms with Gasteiger partial charge >= 0.3 is 5.69 Å². The number of nitriles is 1. The zero-order valence-corrected chi connectivity index (χ0v) is 18.8. The molecule has 2 N–H and O–H groups in total. The van der Waals surface area contributed by atoms with Crippen molar-refractivity contribution in [1.29, 1.82) is 5.26 Å². The number of nitrogens with two attached hydrogens (primary N) is 1. The number of para-hydroxylation sites is 1. The third kappa shape index (κ3) is 3.38. The standard InChI is InChI=1S/C24H24N8O2/c1-3-31-20-21(28-23(31)30-10-6-8-17(26)13-30)29(2)24(34)32(22(20)33)14-19-16(12-25)11-15-7-4-5-9-18(15)27-19/h3-5,7,9,11,17H,1,6,8,10,13-14,26H2,2H3/t17-/m1/s1. The van der Waals surface area contributed by atoms with Crippen molar-refractivity contribution >= 4 is 34.2 Å². The Labute approximate surface area is 194 Å². The zero-order chi connectivity index (χ0) is 24.0. The van der Waals surface area contributed by atoms with Crippen molar-refractivity contribution in [2.75, 3.05) is 18.0 Å². The Bertz CT molecular complexity index is 1600. The highest BCUT2D eigenvalue weighted by atomic mass is 16.2. The molecule has 10 nitrogen and oxygen atoms in total. The molecule has 1 aliphatic rings. The van der Waals surface area contributed by atoms with E-state index in [9.17, 15) is 14.9 Å². The molecule has 5 rings (SSSR count). The average molecular weight is 457 g/mol. The lowest BCUT2D eigenvalue weighted by molar-refractivity contribution is 0.499. The molecule has 0 unspecified atom stereocenters. The highest BCUT2D eigenvalue weighted by Crippen LogP contribution is 2.23. The molecule has 0 amide bonds. The van der Waals surface area contributed by atoms with Crippen LogP contribution in [0.3, 0.4) is 0 Å². The zero-order valence-electron chi connectivity index (χ0n) is 18.8. The topological polar surface area (TPSA) is 128 Å². The van der Waals surface area contributed by atoms with Gasteiger partial charge in [-0.1, -0.05) is 24.8 Å². The first-order valence-electron chi connectivity index (χ1n) is 11.1. The number of aromatic nitrogens is 5. The summed E-state index contributed by atoms with van der Waals surface area (Å²) in [7, 11) is 1.58. The van der Waals surface area contributed by atoms with Crippen LogP contribution in [0.4, 0.5) is 5.95 Å². The van der Waals surface area contributed by atoms with Gasteiger partial charge in [0.05, 0.1) is 23.3 Å². The van der Waals surface area contributed by atoms with E-state index in [0.29, 0.717) is 29.3 Å². The van der Waals surface area contributed by atoms with E-state index in [0.717, 1.165) is 29.3 Å². The number of rotatable bonds is 4. The molecule has 1 fully saturated rings. The van der Waals surface area contributed by atoms with Crippen molar-refractivity contribution < 1.29 is 0 Å². The van der Waals surface area contributed by atoms with E-state index < -0.39 is 11.2 Å². The Morgan fingerprint density at radius 3 is 2.82 bits per heavy atom. The average Bonchev–Trinajstić information content (AvgIpc) is 3.25. The van der Waals surface area contributed by atoms with Gasteiger partial charge in [-0.15, -0.1) is 0 Å². The molecule has 0 saturated carbocycles. The molecular formula is C24H24N8O2. The minimum atomic E-state index is -0.535. The van der Waals surface area contributed by atoms with Crippen LogP contribution in [0.15, 0.2) is 46.5 Å². The molecule has 1 atom stereocenters. The number of fused-ring (bicyclic) bond motifs is 2. The number of pyridine rings is 1. The Hall–Kier alpha value is -4.23. The fourth-order valence-corrected chi connectivity index (χ4v) is 4.58. The SMILES string of the molecule is C=Cn1c(N2CCC[C@@H](N)C2)nc2c1c(=O)n(Cc1nc3ccccc3cc1C#N)c(=O)n2C. The molecule has 0 spiro atoms. The first-order valence-corrected chi connectivity index (χ1v) is 11.1. The Morgan fingerprint density at radius 2 is 2.09 bits per heavy atom. The van der Waals surface area contributed by atoms with Gasteiger partial charge in [-0.2, -0.15) is 10.2 Å². The minimum Gasteiger partial charge on any atom is -0.340 e. The Morgan fingerprint density at radius 1 is 1.29 bits per heavy atom. The van der Waals surface area contributed by atoms with E-state index >= 15 is 0 Å². The summed E-state index contributed by atoms with van der Waals surface area (Å²) in [6.45, 7) is 5.09. The van der Waals surface area contributed by atoms with Gasteiger partial charge in [-0.3, -0.25) is 18.5 Å². The van der Waals surface area contributed by atoms with Crippen molar-refractivity contribution in [2.24, 2.45) is 12.8 Å². The van der Waals surface area contributed by atoms with Crippen LogP contribution in [-0.4, -0.2) is 42.8 Å². The number of nitrogens with zero attached hydrogens (tertiary/aromatic N) is 7. The third-order valence-electron chi connectivity index (χ3n) is 6.31. The summed E-state index contributed by atoms with van der Waals surface area (Å²) in [4.78, 5) is 38.0. The molecule has 1 aromatic carbocycles. The summed E-state index contributed by atoms with van der Waals surface area (Å²) in [6.07, 6.45) is 3.36. The van der Waals surface area contributed by atoms with Crippen molar-refractivity contribution in [3.8, 4) is 6.07 Å². The van der Waals surface area contributed by atoms with Crippen molar-refractivity contribution in [2.45, 2.75) is 25.4 Å². The van der Waals surface area contributed by atoms with Gasteiger partial charge in [0.25, 0.3) is 5.56 Å². The molecular weight excluding hydrogens is 432 g/mol. The van der Waals surface area contributed by atoms with E-state index in [-0.39, 0.29) is 23.8 Å². The van der Waals surface area contributed by atoms with Crippen LogP contribution in [-0.2, 0) is 13.6 Å². The van der Waals surface area contributed by atoms with Gasteiger partial charge in [0.15, 0.2) is 11.2 Å². The highest BCUT2D eigenvalue weighted by Gasteiger charge is 2.26. The van der Waals surface area contributed by atoms with Gasteiger partial charge < -0.3 is 10.6 Å². The summed E-state index contributed by atoms with van der Waals surface area (Å²) >= 11 is 0. The highest BCUT2D eigenvalue weighted by molar-refractivity contribution is 5.80. The van der Waals surface area contributed by atoms with E-state index in [1.165, 1.54) is 10.8 Å². The Kier molecular flexibility index (Phi) is 5.26. The molecule has 0 aliphatic carbocycles. The fraction of sp³-hybridized carbons (Fsp3) is 0.292. The second kappa shape index (κ2) is 8.28. The van der Waals surface area contributed by atoms with Crippen LogP contribution < -0.4 is 21.9 Å². The molecule has 4 heterocycles. The smallest absolute Gasteiger partial charge is 0.332 e. The lowest BCUT2D eigenvalue weighted by Crippen LogP contribution is -2.43. The van der Waals surface area contributed by atoms with Crippen LogP contribution in [0, 0.1) is 11.3 Å². The van der Waals surface area contributed by atoms with E-state index in [2.05, 4.69) is 22.6 Å². The normalized spacial score (nSPS) is 16.1.